The summed E-state index contributed by atoms with van der Waals surface area (Å²) >= 11 is 0. The highest BCUT2D eigenvalue weighted by molar-refractivity contribution is 6.17. The minimum atomic E-state index is -0.632. The standard InChI is InChI=1S/C23H28N4O3/c1-4-15(3)20-22(29)26-18-13-16(21(28)25-11-10-24)8-9-19(18)27(20)23(30)17-7-5-6-14(2)12-17/h5-9,12-13,15,20H,4,10-11,24H2,1-3H3,(H,25,28)(H,26,29). The van der Waals surface area contributed by atoms with Gasteiger partial charge in [-0.2, -0.15) is 0 Å². The number of hydrogen-bond donors (Lipinski definition) is 3. The molecule has 0 aromatic heterocycles. The summed E-state index contributed by atoms with van der Waals surface area (Å²) in [6.45, 7) is 6.57. The number of fused-ring (bicyclic) bond motifs is 1. The largest absolute Gasteiger partial charge is 0.351 e. The number of benzene rings is 2. The number of aryl methyl sites for hydroxylation is 1. The molecule has 0 saturated heterocycles. The van der Waals surface area contributed by atoms with Crippen LogP contribution in [0.3, 0.4) is 0 Å². The Hall–Kier alpha value is -3.19. The molecule has 3 amide bonds. The summed E-state index contributed by atoms with van der Waals surface area (Å²) in [5, 5.41) is 5.60. The average molecular weight is 409 g/mol. The number of rotatable bonds is 6. The van der Waals surface area contributed by atoms with Gasteiger partial charge in [-0.05, 0) is 43.2 Å². The van der Waals surface area contributed by atoms with E-state index in [1.165, 1.54) is 0 Å². The van der Waals surface area contributed by atoms with Crippen LogP contribution in [-0.2, 0) is 4.79 Å². The van der Waals surface area contributed by atoms with Crippen LogP contribution >= 0.6 is 0 Å². The molecular formula is C23H28N4O3. The number of amides is 3. The summed E-state index contributed by atoms with van der Waals surface area (Å²) in [7, 11) is 0. The van der Waals surface area contributed by atoms with Crippen molar-refractivity contribution < 1.29 is 14.4 Å². The predicted molar refractivity (Wildman–Crippen MR) is 118 cm³/mol. The molecule has 1 aliphatic heterocycles. The van der Waals surface area contributed by atoms with Crippen molar-refractivity contribution in [3.8, 4) is 0 Å². The Balaban J connectivity index is 2.06. The van der Waals surface area contributed by atoms with Gasteiger partial charge in [0.2, 0.25) is 5.91 Å². The van der Waals surface area contributed by atoms with E-state index >= 15 is 0 Å². The predicted octanol–water partition coefficient (Wildman–Crippen LogP) is 2.70. The van der Waals surface area contributed by atoms with Gasteiger partial charge >= 0.3 is 0 Å². The number of nitrogens with one attached hydrogen (secondary N) is 2. The lowest BCUT2D eigenvalue weighted by molar-refractivity contribution is -0.118. The molecule has 1 aliphatic rings. The molecule has 2 aromatic carbocycles. The third-order valence-electron chi connectivity index (χ3n) is 5.42. The van der Waals surface area contributed by atoms with Gasteiger partial charge in [0, 0.05) is 24.2 Å². The van der Waals surface area contributed by atoms with Crippen LogP contribution in [0.1, 0.15) is 46.5 Å². The number of carbonyl (C=O) groups is 3. The van der Waals surface area contributed by atoms with Crippen LogP contribution in [0.4, 0.5) is 11.4 Å². The van der Waals surface area contributed by atoms with Crippen molar-refractivity contribution in [1.82, 2.24) is 5.32 Å². The zero-order chi connectivity index (χ0) is 21.8. The van der Waals surface area contributed by atoms with Gasteiger partial charge in [-0.25, -0.2) is 0 Å². The fourth-order valence-corrected chi connectivity index (χ4v) is 3.64. The van der Waals surface area contributed by atoms with Crippen LogP contribution in [0.25, 0.3) is 0 Å². The molecule has 2 atom stereocenters. The van der Waals surface area contributed by atoms with E-state index in [2.05, 4.69) is 10.6 Å². The smallest absolute Gasteiger partial charge is 0.259 e. The monoisotopic (exact) mass is 408 g/mol. The third-order valence-corrected chi connectivity index (χ3v) is 5.42. The first-order valence-corrected chi connectivity index (χ1v) is 10.2. The highest BCUT2D eigenvalue weighted by Crippen LogP contribution is 2.37. The molecule has 3 rings (SSSR count). The van der Waals surface area contributed by atoms with Crippen molar-refractivity contribution >= 4 is 29.1 Å². The number of carbonyl (C=O) groups excluding carboxylic acids is 3. The maximum absolute atomic E-state index is 13.5. The van der Waals surface area contributed by atoms with E-state index in [-0.39, 0.29) is 23.6 Å². The molecule has 158 valence electrons. The first kappa shape index (κ1) is 21.5. The number of anilines is 2. The molecule has 7 nitrogen and oxygen atoms in total. The van der Waals surface area contributed by atoms with Gasteiger partial charge in [0.15, 0.2) is 0 Å². The van der Waals surface area contributed by atoms with Crippen molar-refractivity contribution in [3.05, 3.63) is 59.2 Å². The fraction of sp³-hybridized carbons (Fsp3) is 0.348. The average Bonchev–Trinajstić information content (AvgIpc) is 2.75. The SMILES string of the molecule is CCC(C)C1C(=O)Nc2cc(C(=O)NCCN)ccc2N1C(=O)c1cccc(C)c1. The van der Waals surface area contributed by atoms with Crippen molar-refractivity contribution in [1.29, 1.82) is 0 Å². The normalized spacial score (nSPS) is 16.5. The first-order chi connectivity index (χ1) is 14.4. The third kappa shape index (κ3) is 4.21. The maximum atomic E-state index is 13.5. The molecule has 2 unspecified atom stereocenters. The van der Waals surface area contributed by atoms with Gasteiger partial charge in [-0.15, -0.1) is 0 Å². The van der Waals surface area contributed by atoms with E-state index in [1.807, 2.05) is 39.0 Å². The molecule has 0 bridgehead atoms. The van der Waals surface area contributed by atoms with Gasteiger partial charge < -0.3 is 16.4 Å². The van der Waals surface area contributed by atoms with Crippen LogP contribution in [-0.4, -0.2) is 36.9 Å². The van der Waals surface area contributed by atoms with Gasteiger partial charge in [0.05, 0.1) is 11.4 Å². The molecule has 0 fully saturated rings. The lowest BCUT2D eigenvalue weighted by Crippen LogP contribution is -2.54. The van der Waals surface area contributed by atoms with Gasteiger partial charge in [-0.3, -0.25) is 19.3 Å². The van der Waals surface area contributed by atoms with E-state index in [4.69, 9.17) is 5.73 Å². The van der Waals surface area contributed by atoms with E-state index in [9.17, 15) is 14.4 Å². The van der Waals surface area contributed by atoms with Crippen molar-refractivity contribution in [2.45, 2.75) is 33.2 Å². The summed E-state index contributed by atoms with van der Waals surface area (Å²) in [6, 6.07) is 11.7. The Bertz CT molecular complexity index is 973. The maximum Gasteiger partial charge on any atom is 0.259 e. The van der Waals surface area contributed by atoms with Crippen LogP contribution in [0.15, 0.2) is 42.5 Å². The Morgan fingerprint density at radius 2 is 1.97 bits per heavy atom. The zero-order valence-corrected chi connectivity index (χ0v) is 17.6. The number of hydrogen-bond acceptors (Lipinski definition) is 4. The molecule has 30 heavy (non-hydrogen) atoms. The number of nitrogens with two attached hydrogens (primary N) is 1. The van der Waals surface area contributed by atoms with Gasteiger partial charge in [0.1, 0.15) is 6.04 Å². The Morgan fingerprint density at radius 3 is 2.63 bits per heavy atom. The second-order valence-electron chi connectivity index (χ2n) is 7.64. The zero-order valence-electron chi connectivity index (χ0n) is 17.6. The highest BCUT2D eigenvalue weighted by atomic mass is 16.2. The molecule has 0 saturated carbocycles. The Labute approximate surface area is 176 Å². The van der Waals surface area contributed by atoms with E-state index in [0.29, 0.717) is 35.6 Å². The molecule has 0 spiro atoms. The second-order valence-corrected chi connectivity index (χ2v) is 7.64. The molecule has 0 aliphatic carbocycles. The van der Waals surface area contributed by atoms with Crippen molar-refractivity contribution in [3.63, 3.8) is 0 Å². The molecule has 2 aromatic rings. The van der Waals surface area contributed by atoms with Crippen LogP contribution < -0.4 is 21.3 Å². The van der Waals surface area contributed by atoms with Crippen LogP contribution in [0.5, 0.6) is 0 Å². The summed E-state index contributed by atoms with van der Waals surface area (Å²) < 4.78 is 0. The summed E-state index contributed by atoms with van der Waals surface area (Å²) in [5.41, 5.74) is 8.36. The summed E-state index contributed by atoms with van der Waals surface area (Å²) in [6.07, 6.45) is 0.741. The highest BCUT2D eigenvalue weighted by Gasteiger charge is 2.40. The van der Waals surface area contributed by atoms with E-state index in [0.717, 1.165) is 12.0 Å². The number of nitrogens with zero attached hydrogens (tertiary/aromatic N) is 1. The lowest BCUT2D eigenvalue weighted by Gasteiger charge is -2.39. The van der Waals surface area contributed by atoms with Crippen molar-refractivity contribution in [2.24, 2.45) is 11.7 Å². The fourth-order valence-electron chi connectivity index (χ4n) is 3.64. The Kier molecular flexibility index (Phi) is 6.52. The van der Waals surface area contributed by atoms with Gasteiger partial charge in [0.25, 0.3) is 11.8 Å². The quantitative estimate of drug-likeness (QED) is 0.683. The molecule has 4 N–H and O–H groups in total. The van der Waals surface area contributed by atoms with E-state index < -0.39 is 6.04 Å². The summed E-state index contributed by atoms with van der Waals surface area (Å²) in [4.78, 5) is 40.4. The van der Waals surface area contributed by atoms with Crippen molar-refractivity contribution in [2.75, 3.05) is 23.3 Å². The molecule has 7 heteroatoms. The summed E-state index contributed by atoms with van der Waals surface area (Å²) in [5.74, 6) is -0.810. The molecule has 0 radical (unpaired) electrons. The molecular weight excluding hydrogens is 380 g/mol. The first-order valence-electron chi connectivity index (χ1n) is 10.2. The second kappa shape index (κ2) is 9.09. The molecule has 1 heterocycles. The minimum absolute atomic E-state index is 0.0422. The van der Waals surface area contributed by atoms with Crippen LogP contribution in [0.2, 0.25) is 0 Å². The Morgan fingerprint density at radius 1 is 1.20 bits per heavy atom. The van der Waals surface area contributed by atoms with E-state index in [1.54, 1.807) is 29.2 Å². The van der Waals surface area contributed by atoms with Gasteiger partial charge in [-0.1, -0.05) is 38.0 Å². The topological polar surface area (TPSA) is 105 Å². The minimum Gasteiger partial charge on any atom is -0.351 e. The lowest BCUT2D eigenvalue weighted by atomic mass is 9.92. The van der Waals surface area contributed by atoms with Crippen LogP contribution in [0, 0.1) is 12.8 Å².